The largest absolute Gasteiger partial charge is 0.379 e. The average Bonchev–Trinajstić information content (AvgIpc) is 2.65. The van der Waals surface area contributed by atoms with Crippen LogP contribution in [0.5, 0.6) is 0 Å². The highest BCUT2D eigenvalue weighted by Gasteiger charge is 2.37. The second-order valence-corrected chi connectivity index (χ2v) is 6.16. The van der Waals surface area contributed by atoms with E-state index < -0.39 is 5.54 Å². The maximum Gasteiger partial charge on any atom is 0.240 e. The van der Waals surface area contributed by atoms with Crippen LogP contribution in [0.1, 0.15) is 46.5 Å². The van der Waals surface area contributed by atoms with E-state index >= 15 is 0 Å². The minimum Gasteiger partial charge on any atom is -0.379 e. The molecule has 0 aromatic carbocycles. The first-order chi connectivity index (χ1) is 7.79. The van der Waals surface area contributed by atoms with Gasteiger partial charge in [0.2, 0.25) is 5.91 Å². The lowest BCUT2D eigenvalue weighted by Gasteiger charge is -2.31. The molecule has 1 aliphatic carbocycles. The Bertz CT molecular complexity index is 265. The van der Waals surface area contributed by atoms with E-state index in [9.17, 15) is 4.79 Å². The van der Waals surface area contributed by atoms with Crippen LogP contribution >= 0.6 is 0 Å². The zero-order chi connectivity index (χ0) is 13.1. The van der Waals surface area contributed by atoms with Gasteiger partial charge in [0.15, 0.2) is 0 Å². The normalized spacial score (nSPS) is 21.2. The molecule has 1 fully saturated rings. The zero-order valence-electron chi connectivity index (χ0n) is 11.5. The Morgan fingerprint density at radius 2 is 1.94 bits per heavy atom. The van der Waals surface area contributed by atoms with Gasteiger partial charge in [-0.15, -0.1) is 0 Å². The van der Waals surface area contributed by atoms with Crippen molar-refractivity contribution in [3.05, 3.63) is 0 Å². The number of carbonyl (C=O) groups excluding carboxylic acids is 1. The first-order valence-corrected chi connectivity index (χ1v) is 6.39. The number of hydrogen-bond donors (Lipinski definition) is 2. The fourth-order valence-corrected chi connectivity index (χ4v) is 2.34. The molecule has 1 amide bonds. The van der Waals surface area contributed by atoms with E-state index in [2.05, 4.69) is 26.1 Å². The van der Waals surface area contributed by atoms with Crippen LogP contribution in [0.2, 0.25) is 0 Å². The third kappa shape index (κ3) is 3.68. The van der Waals surface area contributed by atoms with Crippen LogP contribution in [0.15, 0.2) is 0 Å². The van der Waals surface area contributed by atoms with E-state index in [4.69, 9.17) is 10.5 Å². The molecule has 1 rings (SSSR count). The Kier molecular flexibility index (Phi) is 4.55. The van der Waals surface area contributed by atoms with E-state index in [1.807, 2.05) is 0 Å². The maximum absolute atomic E-state index is 12.0. The quantitative estimate of drug-likeness (QED) is 0.784. The maximum atomic E-state index is 12.0. The molecule has 0 heterocycles. The van der Waals surface area contributed by atoms with Gasteiger partial charge in [-0.25, -0.2) is 0 Å². The van der Waals surface area contributed by atoms with Crippen molar-refractivity contribution in [1.82, 2.24) is 5.32 Å². The smallest absolute Gasteiger partial charge is 0.240 e. The molecule has 1 atom stereocenters. The van der Waals surface area contributed by atoms with Crippen molar-refractivity contribution in [2.45, 2.75) is 58.1 Å². The van der Waals surface area contributed by atoms with Crippen LogP contribution in [-0.4, -0.2) is 31.2 Å². The van der Waals surface area contributed by atoms with Crippen LogP contribution in [0.3, 0.4) is 0 Å². The number of methoxy groups -OCH3 is 1. The fraction of sp³-hybridized carbons (Fsp3) is 0.923. The van der Waals surface area contributed by atoms with E-state index in [1.165, 1.54) is 0 Å². The van der Waals surface area contributed by atoms with E-state index in [0.29, 0.717) is 6.54 Å². The third-order valence-electron chi connectivity index (χ3n) is 3.65. The van der Waals surface area contributed by atoms with Crippen LogP contribution in [0, 0.1) is 5.41 Å². The molecule has 3 N–H and O–H groups in total. The molecule has 0 saturated heterocycles. The number of nitrogens with two attached hydrogens (primary N) is 1. The van der Waals surface area contributed by atoms with Crippen molar-refractivity contribution in [2.75, 3.05) is 13.7 Å². The van der Waals surface area contributed by atoms with Gasteiger partial charge in [-0.05, 0) is 18.3 Å². The summed E-state index contributed by atoms with van der Waals surface area (Å²) in [4.78, 5) is 12.0. The van der Waals surface area contributed by atoms with Gasteiger partial charge in [0.1, 0.15) is 0 Å². The molecule has 4 nitrogen and oxygen atoms in total. The van der Waals surface area contributed by atoms with Gasteiger partial charge in [-0.2, -0.15) is 0 Å². The number of rotatable bonds is 4. The van der Waals surface area contributed by atoms with E-state index in [1.54, 1.807) is 7.11 Å². The molecular weight excluding hydrogens is 216 g/mol. The van der Waals surface area contributed by atoms with Gasteiger partial charge in [-0.1, -0.05) is 33.6 Å². The molecule has 0 aliphatic heterocycles. The van der Waals surface area contributed by atoms with E-state index in [-0.39, 0.29) is 17.4 Å². The molecule has 1 unspecified atom stereocenters. The second-order valence-electron chi connectivity index (χ2n) is 6.16. The van der Waals surface area contributed by atoms with Gasteiger partial charge >= 0.3 is 0 Å². The lowest BCUT2D eigenvalue weighted by Crippen LogP contribution is -2.54. The molecule has 100 valence electrons. The summed E-state index contributed by atoms with van der Waals surface area (Å²) in [5, 5.41) is 2.93. The number of ether oxygens (including phenoxy) is 1. The number of hydrogen-bond acceptors (Lipinski definition) is 3. The number of amides is 1. The summed E-state index contributed by atoms with van der Waals surface area (Å²) >= 11 is 0. The summed E-state index contributed by atoms with van der Waals surface area (Å²) in [6, 6.07) is 0. The van der Waals surface area contributed by atoms with Gasteiger partial charge in [-0.3, -0.25) is 4.79 Å². The minimum atomic E-state index is -0.643. The highest BCUT2D eigenvalue weighted by molar-refractivity contribution is 5.86. The monoisotopic (exact) mass is 242 g/mol. The lowest BCUT2D eigenvalue weighted by molar-refractivity contribution is -0.127. The van der Waals surface area contributed by atoms with Crippen molar-refractivity contribution in [3.63, 3.8) is 0 Å². The molecule has 0 aromatic rings. The Hall–Kier alpha value is -0.610. The summed E-state index contributed by atoms with van der Waals surface area (Å²) in [6.45, 7) is 6.82. The average molecular weight is 242 g/mol. The molecular formula is C13H26N2O2. The van der Waals surface area contributed by atoms with Crippen molar-refractivity contribution < 1.29 is 9.53 Å². The van der Waals surface area contributed by atoms with Gasteiger partial charge in [0.05, 0.1) is 11.6 Å². The molecule has 0 spiro atoms. The second kappa shape index (κ2) is 5.36. The zero-order valence-corrected chi connectivity index (χ0v) is 11.5. The lowest BCUT2D eigenvalue weighted by atomic mass is 9.88. The summed E-state index contributed by atoms with van der Waals surface area (Å²) < 4.78 is 5.41. The molecule has 0 radical (unpaired) electrons. The molecule has 1 aliphatic rings. The van der Waals surface area contributed by atoms with Crippen molar-refractivity contribution in [2.24, 2.45) is 11.1 Å². The summed E-state index contributed by atoms with van der Waals surface area (Å²) in [6.07, 6.45) is 3.71. The van der Waals surface area contributed by atoms with Crippen LogP contribution in [0.4, 0.5) is 0 Å². The number of carbonyl (C=O) groups is 1. The highest BCUT2D eigenvalue weighted by atomic mass is 16.5. The van der Waals surface area contributed by atoms with E-state index in [0.717, 1.165) is 25.7 Å². The Balaban J connectivity index is 2.47. The third-order valence-corrected chi connectivity index (χ3v) is 3.65. The van der Waals surface area contributed by atoms with Gasteiger partial charge < -0.3 is 15.8 Å². The summed E-state index contributed by atoms with van der Waals surface area (Å²) in [5.74, 6) is -0.0266. The van der Waals surface area contributed by atoms with Crippen LogP contribution < -0.4 is 11.1 Å². The van der Waals surface area contributed by atoms with Crippen LogP contribution in [-0.2, 0) is 9.53 Å². The molecule has 4 heteroatoms. The van der Waals surface area contributed by atoms with Crippen molar-refractivity contribution in [3.8, 4) is 0 Å². The predicted molar refractivity (Wildman–Crippen MR) is 68.6 cm³/mol. The van der Waals surface area contributed by atoms with Gasteiger partial charge in [0, 0.05) is 13.7 Å². The molecule has 1 saturated carbocycles. The molecule has 0 aromatic heterocycles. The summed E-state index contributed by atoms with van der Waals surface area (Å²) in [7, 11) is 1.68. The van der Waals surface area contributed by atoms with Crippen molar-refractivity contribution >= 4 is 5.91 Å². The Labute approximate surface area is 104 Å². The highest BCUT2D eigenvalue weighted by Crippen LogP contribution is 2.27. The minimum absolute atomic E-state index is 0.0106. The molecule has 0 bridgehead atoms. The number of nitrogens with one attached hydrogen (secondary N) is 1. The standard InChI is InChI=1S/C13H26N2O2/c1-12(2,3)10(17-4)9-15-11(16)13(14)7-5-6-8-13/h10H,5-9,14H2,1-4H3,(H,15,16). The van der Waals surface area contributed by atoms with Gasteiger partial charge in [0.25, 0.3) is 0 Å². The topological polar surface area (TPSA) is 64.3 Å². The Morgan fingerprint density at radius 3 is 2.35 bits per heavy atom. The first kappa shape index (κ1) is 14.5. The molecule has 17 heavy (non-hydrogen) atoms. The van der Waals surface area contributed by atoms with Crippen molar-refractivity contribution in [1.29, 1.82) is 0 Å². The first-order valence-electron chi connectivity index (χ1n) is 6.39. The Morgan fingerprint density at radius 1 is 1.41 bits per heavy atom. The predicted octanol–water partition coefficient (Wildman–Crippen LogP) is 1.44. The SMILES string of the molecule is COC(CNC(=O)C1(N)CCCC1)C(C)(C)C. The fourth-order valence-electron chi connectivity index (χ4n) is 2.34. The summed E-state index contributed by atoms with van der Waals surface area (Å²) in [5.41, 5.74) is 5.46. The van der Waals surface area contributed by atoms with Crippen LogP contribution in [0.25, 0.3) is 0 Å².